The summed E-state index contributed by atoms with van der Waals surface area (Å²) in [7, 11) is 1.65. The molecule has 1 unspecified atom stereocenters. The van der Waals surface area contributed by atoms with Crippen LogP contribution in [0.2, 0.25) is 0 Å². The van der Waals surface area contributed by atoms with Crippen LogP contribution in [0.5, 0.6) is 5.88 Å². The molecular formula is C14H22N2O. The van der Waals surface area contributed by atoms with Gasteiger partial charge in [-0.3, -0.25) is 0 Å². The summed E-state index contributed by atoms with van der Waals surface area (Å²) < 4.78 is 5.12. The number of nitrogens with one attached hydrogen (secondary N) is 1. The number of rotatable bonds is 7. The van der Waals surface area contributed by atoms with Gasteiger partial charge in [0.05, 0.1) is 12.8 Å². The van der Waals surface area contributed by atoms with Gasteiger partial charge in [0.15, 0.2) is 0 Å². The first kappa shape index (κ1) is 12.4. The Balaban J connectivity index is 1.82. The fourth-order valence-corrected chi connectivity index (χ4v) is 2.07. The van der Waals surface area contributed by atoms with Crippen molar-refractivity contribution in [1.82, 2.24) is 10.3 Å². The second kappa shape index (κ2) is 6.01. The zero-order valence-electron chi connectivity index (χ0n) is 10.8. The van der Waals surface area contributed by atoms with Crippen molar-refractivity contribution in [2.75, 3.05) is 7.11 Å². The first-order valence-corrected chi connectivity index (χ1v) is 6.55. The molecule has 1 aromatic rings. The summed E-state index contributed by atoms with van der Waals surface area (Å²) in [6, 6.07) is 6.55. The van der Waals surface area contributed by atoms with Crippen molar-refractivity contribution in [1.29, 1.82) is 0 Å². The van der Waals surface area contributed by atoms with Gasteiger partial charge >= 0.3 is 0 Å². The summed E-state index contributed by atoms with van der Waals surface area (Å²) in [5, 5.41) is 3.59. The topological polar surface area (TPSA) is 34.1 Å². The summed E-state index contributed by atoms with van der Waals surface area (Å²) in [5.41, 5.74) is 1.05. The number of nitrogens with zero attached hydrogens (tertiary/aromatic N) is 1. The van der Waals surface area contributed by atoms with Gasteiger partial charge in [0, 0.05) is 18.7 Å². The summed E-state index contributed by atoms with van der Waals surface area (Å²) >= 11 is 0. The highest BCUT2D eigenvalue weighted by Crippen LogP contribution is 2.34. The number of pyridine rings is 1. The maximum absolute atomic E-state index is 5.12. The van der Waals surface area contributed by atoms with E-state index < -0.39 is 0 Å². The van der Waals surface area contributed by atoms with Crippen molar-refractivity contribution in [2.45, 2.75) is 45.2 Å². The zero-order valence-corrected chi connectivity index (χ0v) is 10.8. The summed E-state index contributed by atoms with van der Waals surface area (Å²) in [5.74, 6) is 1.67. The second-order valence-corrected chi connectivity index (χ2v) is 4.84. The van der Waals surface area contributed by atoms with Crippen LogP contribution in [0.4, 0.5) is 0 Å². The highest BCUT2D eigenvalue weighted by Gasteiger charge is 2.24. The van der Waals surface area contributed by atoms with Crippen molar-refractivity contribution in [3.05, 3.63) is 23.9 Å². The average Bonchev–Trinajstić information content (AvgIpc) is 3.18. The third-order valence-corrected chi connectivity index (χ3v) is 3.37. The fraction of sp³-hybridized carbons (Fsp3) is 0.643. The van der Waals surface area contributed by atoms with E-state index in [1.807, 2.05) is 18.2 Å². The minimum atomic E-state index is 0.635. The van der Waals surface area contributed by atoms with Gasteiger partial charge in [0.2, 0.25) is 5.88 Å². The first-order valence-electron chi connectivity index (χ1n) is 6.55. The van der Waals surface area contributed by atoms with Gasteiger partial charge < -0.3 is 10.1 Å². The molecule has 1 saturated carbocycles. The highest BCUT2D eigenvalue weighted by molar-refractivity contribution is 5.15. The molecule has 0 bridgehead atoms. The molecule has 3 nitrogen and oxygen atoms in total. The molecule has 0 saturated heterocycles. The van der Waals surface area contributed by atoms with Gasteiger partial charge in [-0.15, -0.1) is 0 Å². The smallest absolute Gasteiger partial charge is 0.213 e. The van der Waals surface area contributed by atoms with Gasteiger partial charge in [-0.05, 0) is 24.8 Å². The fourth-order valence-electron chi connectivity index (χ4n) is 2.07. The summed E-state index contributed by atoms with van der Waals surface area (Å²) in [6.07, 6.45) is 5.37. The minimum Gasteiger partial charge on any atom is -0.481 e. The highest BCUT2D eigenvalue weighted by atomic mass is 16.5. The monoisotopic (exact) mass is 234 g/mol. The minimum absolute atomic E-state index is 0.635. The molecule has 1 heterocycles. The van der Waals surface area contributed by atoms with Crippen LogP contribution >= 0.6 is 0 Å². The number of methoxy groups -OCH3 is 1. The van der Waals surface area contributed by atoms with E-state index >= 15 is 0 Å². The Labute approximate surface area is 104 Å². The maximum atomic E-state index is 5.12. The Morgan fingerprint density at radius 3 is 2.94 bits per heavy atom. The van der Waals surface area contributed by atoms with E-state index in [4.69, 9.17) is 4.74 Å². The van der Waals surface area contributed by atoms with E-state index in [1.165, 1.54) is 25.7 Å². The van der Waals surface area contributed by atoms with Crippen molar-refractivity contribution >= 4 is 0 Å². The Kier molecular flexibility index (Phi) is 4.37. The lowest BCUT2D eigenvalue weighted by molar-refractivity contribution is 0.393. The van der Waals surface area contributed by atoms with E-state index in [9.17, 15) is 0 Å². The SMILES string of the molecule is CCC(CC1CC1)NCc1cccc(OC)n1. The molecule has 0 radical (unpaired) electrons. The number of aromatic nitrogens is 1. The third-order valence-electron chi connectivity index (χ3n) is 3.37. The van der Waals surface area contributed by atoms with Crippen LogP contribution < -0.4 is 10.1 Å². The Hall–Kier alpha value is -1.09. The van der Waals surface area contributed by atoms with Crippen molar-refractivity contribution < 1.29 is 4.74 Å². The number of ether oxygens (including phenoxy) is 1. The van der Waals surface area contributed by atoms with E-state index in [1.54, 1.807) is 7.11 Å². The standard InChI is InChI=1S/C14H22N2O/c1-3-12(9-11-7-8-11)15-10-13-5-4-6-14(16-13)17-2/h4-6,11-12,15H,3,7-10H2,1-2H3. The molecule has 1 aliphatic rings. The lowest BCUT2D eigenvalue weighted by Crippen LogP contribution is -2.28. The molecule has 17 heavy (non-hydrogen) atoms. The second-order valence-electron chi connectivity index (χ2n) is 4.84. The van der Waals surface area contributed by atoms with Crippen molar-refractivity contribution in [3.8, 4) is 5.88 Å². The Morgan fingerprint density at radius 1 is 1.47 bits per heavy atom. The van der Waals surface area contributed by atoms with E-state index in [-0.39, 0.29) is 0 Å². The summed E-state index contributed by atoms with van der Waals surface area (Å²) in [4.78, 5) is 4.41. The van der Waals surface area contributed by atoms with Crippen LogP contribution in [0.25, 0.3) is 0 Å². The molecule has 1 N–H and O–H groups in total. The van der Waals surface area contributed by atoms with Gasteiger partial charge in [0.25, 0.3) is 0 Å². The van der Waals surface area contributed by atoms with Crippen LogP contribution in [0.15, 0.2) is 18.2 Å². The molecule has 1 fully saturated rings. The number of hydrogen-bond acceptors (Lipinski definition) is 3. The van der Waals surface area contributed by atoms with Crippen LogP contribution in [-0.4, -0.2) is 18.1 Å². The van der Waals surface area contributed by atoms with Crippen LogP contribution in [-0.2, 0) is 6.54 Å². The largest absolute Gasteiger partial charge is 0.481 e. The molecule has 3 heteroatoms. The van der Waals surface area contributed by atoms with Crippen LogP contribution in [0.1, 0.15) is 38.3 Å². The predicted octanol–water partition coefficient (Wildman–Crippen LogP) is 2.76. The summed E-state index contributed by atoms with van der Waals surface area (Å²) in [6.45, 7) is 3.08. The van der Waals surface area contributed by atoms with Gasteiger partial charge in [-0.2, -0.15) is 0 Å². The first-order chi connectivity index (χ1) is 8.31. The van der Waals surface area contributed by atoms with Gasteiger partial charge in [0.1, 0.15) is 0 Å². The van der Waals surface area contributed by atoms with Crippen molar-refractivity contribution in [3.63, 3.8) is 0 Å². The molecule has 0 amide bonds. The zero-order chi connectivity index (χ0) is 12.1. The van der Waals surface area contributed by atoms with Gasteiger partial charge in [-0.25, -0.2) is 4.98 Å². The lowest BCUT2D eigenvalue weighted by Gasteiger charge is -2.16. The molecular weight excluding hydrogens is 212 g/mol. The number of hydrogen-bond donors (Lipinski definition) is 1. The normalized spacial score (nSPS) is 16.8. The molecule has 1 atom stereocenters. The maximum Gasteiger partial charge on any atom is 0.213 e. The molecule has 0 aliphatic heterocycles. The van der Waals surface area contributed by atoms with Crippen LogP contribution in [0, 0.1) is 5.92 Å². The Bertz CT molecular complexity index is 350. The van der Waals surface area contributed by atoms with E-state index in [2.05, 4.69) is 17.2 Å². The third kappa shape index (κ3) is 4.00. The van der Waals surface area contributed by atoms with Crippen LogP contribution in [0.3, 0.4) is 0 Å². The Morgan fingerprint density at radius 2 is 2.29 bits per heavy atom. The lowest BCUT2D eigenvalue weighted by atomic mass is 10.1. The predicted molar refractivity (Wildman–Crippen MR) is 69.0 cm³/mol. The molecule has 1 aromatic heterocycles. The van der Waals surface area contributed by atoms with E-state index in [0.717, 1.165) is 18.2 Å². The van der Waals surface area contributed by atoms with Crippen molar-refractivity contribution in [2.24, 2.45) is 5.92 Å². The molecule has 0 aromatic carbocycles. The molecule has 0 spiro atoms. The average molecular weight is 234 g/mol. The molecule has 1 aliphatic carbocycles. The van der Waals surface area contributed by atoms with Gasteiger partial charge in [-0.1, -0.05) is 25.8 Å². The molecule has 94 valence electrons. The quantitative estimate of drug-likeness (QED) is 0.787. The molecule has 2 rings (SSSR count). The van der Waals surface area contributed by atoms with E-state index in [0.29, 0.717) is 11.9 Å².